The first kappa shape index (κ1) is 25.4. The SMILES string of the molecule is COc1ccc(NS(=O)(=O)c2ccc(Cl)c(NC(=O)C(C#N)=Cc3ccc4c(c3)OCO4)c2)c(Br)c1. The average Bonchev–Trinajstić information content (AvgIpc) is 3.32. The van der Waals surface area contributed by atoms with Crippen LogP contribution in [0.5, 0.6) is 17.2 Å². The Hall–Kier alpha value is -3.72. The van der Waals surface area contributed by atoms with Crippen molar-refractivity contribution in [3.63, 3.8) is 0 Å². The largest absolute Gasteiger partial charge is 0.497 e. The third kappa shape index (κ3) is 5.57. The molecule has 0 unspecified atom stereocenters. The molecule has 4 rings (SSSR count). The number of hydrogen-bond acceptors (Lipinski definition) is 7. The van der Waals surface area contributed by atoms with E-state index in [1.165, 1.54) is 31.4 Å². The van der Waals surface area contributed by atoms with E-state index >= 15 is 0 Å². The number of carbonyl (C=O) groups is 1. The van der Waals surface area contributed by atoms with Gasteiger partial charge in [-0.25, -0.2) is 8.42 Å². The Kier molecular flexibility index (Phi) is 7.40. The average molecular weight is 591 g/mol. The van der Waals surface area contributed by atoms with E-state index in [9.17, 15) is 18.5 Å². The third-order valence-electron chi connectivity index (χ3n) is 4.99. The van der Waals surface area contributed by atoms with Crippen molar-refractivity contribution in [3.8, 4) is 23.3 Å². The minimum absolute atomic E-state index is 0.0187. The van der Waals surface area contributed by atoms with Gasteiger partial charge in [0.1, 0.15) is 17.4 Å². The summed E-state index contributed by atoms with van der Waals surface area (Å²) in [6.45, 7) is 0.0934. The molecule has 0 saturated carbocycles. The van der Waals surface area contributed by atoms with Crippen molar-refractivity contribution >= 4 is 60.9 Å². The molecule has 0 aliphatic carbocycles. The molecular formula is C24H17BrClN3O6S. The molecule has 12 heteroatoms. The van der Waals surface area contributed by atoms with E-state index < -0.39 is 15.9 Å². The second-order valence-electron chi connectivity index (χ2n) is 7.33. The summed E-state index contributed by atoms with van der Waals surface area (Å²) in [5, 5.41) is 12.1. The lowest BCUT2D eigenvalue weighted by Gasteiger charge is -2.13. The molecule has 1 aliphatic rings. The zero-order chi connectivity index (χ0) is 25.9. The summed E-state index contributed by atoms with van der Waals surface area (Å²) in [7, 11) is -2.55. The van der Waals surface area contributed by atoms with E-state index in [0.717, 1.165) is 0 Å². The minimum atomic E-state index is -4.05. The van der Waals surface area contributed by atoms with Gasteiger partial charge in [-0.05, 0) is 76.1 Å². The lowest BCUT2D eigenvalue weighted by Crippen LogP contribution is -2.16. The fraction of sp³-hybridized carbons (Fsp3) is 0.0833. The molecule has 0 atom stereocenters. The number of nitriles is 1. The number of nitrogens with one attached hydrogen (secondary N) is 2. The molecule has 1 amide bonds. The number of benzene rings is 3. The molecular weight excluding hydrogens is 574 g/mol. The number of sulfonamides is 1. The number of anilines is 2. The molecule has 1 aliphatic heterocycles. The van der Waals surface area contributed by atoms with Crippen LogP contribution < -0.4 is 24.2 Å². The van der Waals surface area contributed by atoms with Gasteiger partial charge in [0.15, 0.2) is 11.5 Å². The van der Waals surface area contributed by atoms with E-state index in [0.29, 0.717) is 27.3 Å². The fourth-order valence-electron chi connectivity index (χ4n) is 3.18. The topological polar surface area (TPSA) is 127 Å². The van der Waals surface area contributed by atoms with Gasteiger partial charge in [-0.15, -0.1) is 0 Å². The molecule has 2 N–H and O–H groups in total. The van der Waals surface area contributed by atoms with Gasteiger partial charge < -0.3 is 19.5 Å². The number of carbonyl (C=O) groups excluding carboxylic acids is 1. The summed E-state index contributed by atoms with van der Waals surface area (Å²) in [4.78, 5) is 12.6. The van der Waals surface area contributed by atoms with Crippen molar-refractivity contribution in [2.75, 3.05) is 23.9 Å². The predicted octanol–water partition coefficient (Wildman–Crippen LogP) is 5.19. The molecule has 0 saturated heterocycles. The zero-order valence-corrected chi connectivity index (χ0v) is 21.7. The Morgan fingerprint density at radius 3 is 2.61 bits per heavy atom. The monoisotopic (exact) mass is 589 g/mol. The van der Waals surface area contributed by atoms with Crippen molar-refractivity contribution in [1.29, 1.82) is 5.26 Å². The van der Waals surface area contributed by atoms with Crippen LogP contribution in [0.4, 0.5) is 11.4 Å². The van der Waals surface area contributed by atoms with Crippen LogP contribution in [0.1, 0.15) is 5.56 Å². The fourth-order valence-corrected chi connectivity index (χ4v) is 5.04. The Labute approximate surface area is 220 Å². The van der Waals surface area contributed by atoms with Gasteiger partial charge >= 0.3 is 0 Å². The second kappa shape index (κ2) is 10.5. The van der Waals surface area contributed by atoms with E-state index in [-0.39, 0.29) is 33.7 Å². The summed E-state index contributed by atoms with van der Waals surface area (Å²) in [5.74, 6) is 0.842. The molecule has 0 bridgehead atoms. The second-order valence-corrected chi connectivity index (χ2v) is 10.3. The normalized spacial score (nSPS) is 12.6. The lowest BCUT2D eigenvalue weighted by molar-refractivity contribution is -0.112. The molecule has 36 heavy (non-hydrogen) atoms. The van der Waals surface area contributed by atoms with Crippen molar-refractivity contribution in [3.05, 3.63) is 75.2 Å². The van der Waals surface area contributed by atoms with Gasteiger partial charge in [0.05, 0.1) is 28.4 Å². The number of nitrogens with zero attached hydrogens (tertiary/aromatic N) is 1. The molecule has 0 fully saturated rings. The first-order valence-corrected chi connectivity index (χ1v) is 12.8. The molecule has 184 valence electrons. The maximum Gasteiger partial charge on any atom is 0.266 e. The van der Waals surface area contributed by atoms with Crippen LogP contribution in [0, 0.1) is 11.3 Å². The summed E-state index contributed by atoms with van der Waals surface area (Å²) in [6, 6.07) is 15.4. The van der Waals surface area contributed by atoms with Crippen molar-refractivity contribution in [1.82, 2.24) is 0 Å². The highest BCUT2D eigenvalue weighted by atomic mass is 79.9. The van der Waals surface area contributed by atoms with Crippen LogP contribution in [0.3, 0.4) is 0 Å². The highest BCUT2D eigenvalue weighted by Crippen LogP contribution is 2.34. The first-order valence-electron chi connectivity index (χ1n) is 10.2. The number of fused-ring (bicyclic) bond motifs is 1. The van der Waals surface area contributed by atoms with Gasteiger partial charge in [-0.2, -0.15) is 5.26 Å². The van der Waals surface area contributed by atoms with Crippen molar-refractivity contribution < 1.29 is 27.4 Å². The van der Waals surface area contributed by atoms with Crippen LogP contribution in [0.25, 0.3) is 6.08 Å². The maximum atomic E-state index is 13.0. The third-order valence-corrected chi connectivity index (χ3v) is 7.34. The summed E-state index contributed by atoms with van der Waals surface area (Å²) < 4.78 is 44.6. The zero-order valence-electron chi connectivity index (χ0n) is 18.5. The maximum absolute atomic E-state index is 13.0. The molecule has 3 aromatic rings. The smallest absolute Gasteiger partial charge is 0.266 e. The number of amides is 1. The number of rotatable bonds is 7. The molecule has 0 spiro atoms. The summed E-state index contributed by atoms with van der Waals surface area (Å²) in [5.41, 5.74) is 0.626. The standard InChI is InChI=1S/C24H17BrClN3O6S/c1-33-16-3-6-20(18(25)10-16)29-36(31,32)17-4-5-19(26)21(11-17)28-24(30)15(12-27)8-14-2-7-22-23(9-14)35-13-34-22/h2-11,29H,13H2,1H3,(H,28,30). The van der Waals surface area contributed by atoms with E-state index in [1.807, 2.05) is 6.07 Å². The number of methoxy groups -OCH3 is 1. The quantitative estimate of drug-likeness (QED) is 0.287. The van der Waals surface area contributed by atoms with Crippen molar-refractivity contribution in [2.24, 2.45) is 0 Å². The molecule has 9 nitrogen and oxygen atoms in total. The highest BCUT2D eigenvalue weighted by molar-refractivity contribution is 9.10. The van der Waals surface area contributed by atoms with E-state index in [1.54, 1.807) is 36.4 Å². The minimum Gasteiger partial charge on any atom is -0.497 e. The van der Waals surface area contributed by atoms with Crippen molar-refractivity contribution in [2.45, 2.75) is 4.90 Å². The number of hydrogen-bond donors (Lipinski definition) is 2. The predicted molar refractivity (Wildman–Crippen MR) is 138 cm³/mol. The van der Waals surface area contributed by atoms with Crippen LogP contribution in [-0.2, 0) is 14.8 Å². The number of halogens is 2. The molecule has 0 aromatic heterocycles. The Morgan fingerprint density at radius 2 is 1.89 bits per heavy atom. The summed E-state index contributed by atoms with van der Waals surface area (Å²) >= 11 is 9.50. The van der Waals surface area contributed by atoms with Crippen LogP contribution in [0.15, 0.2) is 69.5 Å². The van der Waals surface area contributed by atoms with Gasteiger partial charge in [0.25, 0.3) is 15.9 Å². The van der Waals surface area contributed by atoms with Crippen LogP contribution in [0.2, 0.25) is 5.02 Å². The van der Waals surface area contributed by atoms with Gasteiger partial charge in [0.2, 0.25) is 6.79 Å². The first-order chi connectivity index (χ1) is 17.2. The lowest BCUT2D eigenvalue weighted by atomic mass is 10.1. The Morgan fingerprint density at radius 1 is 1.11 bits per heavy atom. The molecule has 0 radical (unpaired) electrons. The summed E-state index contributed by atoms with van der Waals surface area (Å²) in [6.07, 6.45) is 1.37. The molecule has 3 aromatic carbocycles. The van der Waals surface area contributed by atoms with Crippen LogP contribution >= 0.6 is 27.5 Å². The van der Waals surface area contributed by atoms with Gasteiger partial charge in [0, 0.05) is 4.47 Å². The molecule has 1 heterocycles. The number of ether oxygens (including phenoxy) is 3. The van der Waals surface area contributed by atoms with Gasteiger partial charge in [-0.3, -0.25) is 9.52 Å². The Balaban J connectivity index is 1.56. The van der Waals surface area contributed by atoms with E-state index in [2.05, 4.69) is 26.0 Å². The van der Waals surface area contributed by atoms with E-state index in [4.69, 9.17) is 25.8 Å². The van der Waals surface area contributed by atoms with Gasteiger partial charge in [-0.1, -0.05) is 17.7 Å². The highest BCUT2D eigenvalue weighted by Gasteiger charge is 2.20. The van der Waals surface area contributed by atoms with Crippen LogP contribution in [-0.4, -0.2) is 28.2 Å². The Bertz CT molecular complexity index is 1540.